The summed E-state index contributed by atoms with van der Waals surface area (Å²) in [5.74, 6) is 0. The van der Waals surface area contributed by atoms with Gasteiger partial charge >= 0.3 is 0 Å². The summed E-state index contributed by atoms with van der Waals surface area (Å²) in [6.45, 7) is 4.75. The van der Waals surface area contributed by atoms with Gasteiger partial charge in [-0.15, -0.1) is 0 Å². The van der Waals surface area contributed by atoms with Crippen LogP contribution in [-0.2, 0) is 5.41 Å². The van der Waals surface area contributed by atoms with E-state index >= 15 is 0 Å². The molecule has 0 aromatic heterocycles. The van der Waals surface area contributed by atoms with Gasteiger partial charge in [0.05, 0.1) is 0 Å². The summed E-state index contributed by atoms with van der Waals surface area (Å²) in [5.41, 5.74) is 15.4. The maximum Gasteiger partial charge on any atom is 0.0159 e. The minimum Gasteiger partial charge on any atom is -0.0619 e. The number of fused-ring (bicyclic) bond motifs is 7. The molecule has 0 unspecified atom stereocenters. The Morgan fingerprint density at radius 1 is 0.273 bits per heavy atom. The molecule has 0 N–H and O–H groups in total. The van der Waals surface area contributed by atoms with Crippen molar-refractivity contribution in [3.8, 4) is 55.6 Å². The molecule has 0 heteroatoms. The van der Waals surface area contributed by atoms with E-state index in [1.807, 2.05) is 0 Å². The molecule has 11 rings (SSSR count). The zero-order valence-electron chi connectivity index (χ0n) is 31.0. The molecule has 0 nitrogen and oxygen atoms in total. The van der Waals surface area contributed by atoms with Gasteiger partial charge in [-0.2, -0.15) is 0 Å². The van der Waals surface area contributed by atoms with E-state index in [9.17, 15) is 0 Å². The van der Waals surface area contributed by atoms with Crippen molar-refractivity contribution >= 4 is 43.1 Å². The first-order chi connectivity index (χ1) is 27.0. The van der Waals surface area contributed by atoms with Gasteiger partial charge in [0.1, 0.15) is 0 Å². The Labute approximate surface area is 322 Å². The van der Waals surface area contributed by atoms with Gasteiger partial charge in [0.15, 0.2) is 0 Å². The molecule has 258 valence electrons. The molecule has 0 heterocycles. The molecule has 55 heavy (non-hydrogen) atoms. The fraction of sp³-hybridized carbons (Fsp3) is 0.0545. The average Bonchev–Trinajstić information content (AvgIpc) is 3.48. The summed E-state index contributed by atoms with van der Waals surface area (Å²) in [4.78, 5) is 0. The fourth-order valence-electron chi connectivity index (χ4n) is 9.61. The van der Waals surface area contributed by atoms with Gasteiger partial charge in [0, 0.05) is 5.41 Å². The molecule has 0 saturated carbocycles. The molecule has 10 aromatic rings. The van der Waals surface area contributed by atoms with E-state index in [2.05, 4.69) is 208 Å². The van der Waals surface area contributed by atoms with Crippen LogP contribution in [0.1, 0.15) is 25.0 Å². The highest BCUT2D eigenvalue weighted by Gasteiger charge is 2.37. The Kier molecular flexibility index (Phi) is 7.00. The monoisotopic (exact) mass is 698 g/mol. The largest absolute Gasteiger partial charge is 0.0619 e. The maximum absolute atomic E-state index is 2.47. The van der Waals surface area contributed by atoms with E-state index < -0.39 is 0 Å². The minimum absolute atomic E-state index is 0.0925. The normalized spacial score (nSPS) is 13.1. The number of hydrogen-bond donors (Lipinski definition) is 0. The van der Waals surface area contributed by atoms with Crippen molar-refractivity contribution in [2.45, 2.75) is 19.3 Å². The van der Waals surface area contributed by atoms with Gasteiger partial charge in [-0.05, 0) is 128 Å². The van der Waals surface area contributed by atoms with Gasteiger partial charge in [-0.25, -0.2) is 0 Å². The molecule has 0 saturated heterocycles. The van der Waals surface area contributed by atoms with Crippen LogP contribution in [0, 0.1) is 0 Å². The smallest absolute Gasteiger partial charge is 0.0159 e. The molecule has 0 aliphatic heterocycles. The fourth-order valence-corrected chi connectivity index (χ4v) is 9.61. The van der Waals surface area contributed by atoms with Crippen LogP contribution in [0.4, 0.5) is 0 Å². The lowest BCUT2D eigenvalue weighted by molar-refractivity contribution is 0.660. The van der Waals surface area contributed by atoms with Gasteiger partial charge in [0.2, 0.25) is 0 Å². The first-order valence-corrected chi connectivity index (χ1v) is 19.3. The molecule has 1 aliphatic carbocycles. The lowest BCUT2D eigenvalue weighted by Gasteiger charge is -2.23. The van der Waals surface area contributed by atoms with Crippen molar-refractivity contribution in [2.75, 3.05) is 0 Å². The highest BCUT2D eigenvalue weighted by atomic mass is 14.4. The third-order valence-electron chi connectivity index (χ3n) is 12.2. The highest BCUT2D eigenvalue weighted by molar-refractivity contribution is 6.23. The first-order valence-electron chi connectivity index (χ1n) is 19.3. The average molecular weight is 699 g/mol. The van der Waals surface area contributed by atoms with E-state index in [1.165, 1.54) is 110 Å². The predicted octanol–water partition coefficient (Wildman–Crippen LogP) is 15.3. The topological polar surface area (TPSA) is 0 Å². The minimum atomic E-state index is -0.0925. The quantitative estimate of drug-likeness (QED) is 0.161. The molecule has 0 fully saturated rings. The Balaban J connectivity index is 1.24. The second-order valence-corrected chi connectivity index (χ2v) is 15.6. The summed E-state index contributed by atoms with van der Waals surface area (Å²) in [7, 11) is 0. The Hall–Kier alpha value is -6.76. The molecular formula is C55H38. The van der Waals surface area contributed by atoms with E-state index in [-0.39, 0.29) is 5.41 Å². The van der Waals surface area contributed by atoms with Crippen molar-refractivity contribution in [2.24, 2.45) is 0 Å². The Bertz CT molecular complexity index is 3170. The molecule has 0 bridgehead atoms. The SMILES string of the molecule is CC1(C)c2ccccc2-c2c(-c3c4ccccc4c(-c4cccc(-c5ccc6ccccc6c5)c4)c4ccc(-c5cccc6ccccc56)cc34)cccc21. The number of benzene rings is 10. The number of hydrogen-bond acceptors (Lipinski definition) is 0. The first kappa shape index (κ1) is 31.7. The van der Waals surface area contributed by atoms with E-state index in [4.69, 9.17) is 0 Å². The van der Waals surface area contributed by atoms with Crippen molar-refractivity contribution < 1.29 is 0 Å². The zero-order chi connectivity index (χ0) is 36.7. The highest BCUT2D eigenvalue weighted by Crippen LogP contribution is 2.55. The van der Waals surface area contributed by atoms with Gasteiger partial charge in [-0.3, -0.25) is 0 Å². The summed E-state index contributed by atoms with van der Waals surface area (Å²) in [6, 6.07) is 72.3. The van der Waals surface area contributed by atoms with Crippen LogP contribution in [0.15, 0.2) is 194 Å². The van der Waals surface area contributed by atoms with Crippen molar-refractivity contribution in [1.82, 2.24) is 0 Å². The molecule has 0 amide bonds. The molecule has 1 aliphatic rings. The van der Waals surface area contributed by atoms with Crippen LogP contribution in [0.25, 0.3) is 98.7 Å². The zero-order valence-corrected chi connectivity index (χ0v) is 31.0. The van der Waals surface area contributed by atoms with E-state index in [0.717, 1.165) is 0 Å². The summed E-state index contributed by atoms with van der Waals surface area (Å²) >= 11 is 0. The van der Waals surface area contributed by atoms with Crippen LogP contribution in [0.3, 0.4) is 0 Å². The van der Waals surface area contributed by atoms with Crippen LogP contribution in [0.2, 0.25) is 0 Å². The third-order valence-corrected chi connectivity index (χ3v) is 12.2. The van der Waals surface area contributed by atoms with Crippen LogP contribution >= 0.6 is 0 Å². The van der Waals surface area contributed by atoms with E-state index in [1.54, 1.807) is 0 Å². The Morgan fingerprint density at radius 2 is 0.836 bits per heavy atom. The molecule has 0 radical (unpaired) electrons. The van der Waals surface area contributed by atoms with Crippen LogP contribution < -0.4 is 0 Å². The maximum atomic E-state index is 2.47. The van der Waals surface area contributed by atoms with Crippen molar-refractivity contribution in [1.29, 1.82) is 0 Å². The molecule has 0 atom stereocenters. The summed E-state index contributed by atoms with van der Waals surface area (Å²) < 4.78 is 0. The van der Waals surface area contributed by atoms with E-state index in [0.29, 0.717) is 0 Å². The summed E-state index contributed by atoms with van der Waals surface area (Å²) in [6.07, 6.45) is 0. The number of rotatable bonds is 4. The summed E-state index contributed by atoms with van der Waals surface area (Å²) in [5, 5.41) is 10.1. The van der Waals surface area contributed by atoms with Gasteiger partial charge in [0.25, 0.3) is 0 Å². The van der Waals surface area contributed by atoms with Crippen LogP contribution in [0.5, 0.6) is 0 Å². The van der Waals surface area contributed by atoms with Crippen molar-refractivity contribution in [3.05, 3.63) is 205 Å². The second-order valence-electron chi connectivity index (χ2n) is 15.6. The molecule has 10 aromatic carbocycles. The lowest BCUT2D eigenvalue weighted by atomic mass is 9.80. The van der Waals surface area contributed by atoms with Crippen LogP contribution in [-0.4, -0.2) is 0 Å². The van der Waals surface area contributed by atoms with Crippen molar-refractivity contribution in [3.63, 3.8) is 0 Å². The van der Waals surface area contributed by atoms with Gasteiger partial charge in [-0.1, -0.05) is 190 Å². The standard InChI is InChI=1S/C55H38/c1-55(2)50-26-10-9-23-47(50)54-48(25-13-27-51(54)55)53-45-22-8-7-21-44(45)52(41-19-11-18-38(33-41)39-29-28-35-14-3-4-16-37(35)32-39)46-31-30-40(34-49(46)53)43-24-12-17-36-15-5-6-20-42(36)43/h3-34H,1-2H3. The lowest BCUT2D eigenvalue weighted by Crippen LogP contribution is -2.14. The third kappa shape index (κ3) is 4.85. The van der Waals surface area contributed by atoms with Gasteiger partial charge < -0.3 is 0 Å². The second kappa shape index (κ2) is 12.1. The Morgan fingerprint density at radius 3 is 1.71 bits per heavy atom. The molecular weight excluding hydrogens is 661 g/mol. The molecule has 0 spiro atoms. The predicted molar refractivity (Wildman–Crippen MR) is 236 cm³/mol.